The van der Waals surface area contributed by atoms with Crippen molar-refractivity contribution in [3.05, 3.63) is 36.4 Å². The third kappa shape index (κ3) is 4.46. The van der Waals surface area contributed by atoms with Crippen LogP contribution in [0, 0.1) is 0 Å². The molecule has 0 aromatic heterocycles. The normalized spacial score (nSPS) is 14.4. The van der Waals surface area contributed by atoms with E-state index in [1.54, 1.807) is 7.11 Å². The molecule has 1 heterocycles. The van der Waals surface area contributed by atoms with Gasteiger partial charge < -0.3 is 31.3 Å². The van der Waals surface area contributed by atoms with Gasteiger partial charge >= 0.3 is 0 Å². The van der Waals surface area contributed by atoms with E-state index in [0.717, 1.165) is 37.6 Å². The van der Waals surface area contributed by atoms with Gasteiger partial charge in [-0.1, -0.05) is 0 Å². The highest BCUT2D eigenvalue weighted by atomic mass is 16.5. The number of piperazine rings is 1. The summed E-state index contributed by atoms with van der Waals surface area (Å²) < 4.78 is 4.89. The number of anilines is 5. The van der Waals surface area contributed by atoms with E-state index in [0.29, 0.717) is 22.7 Å². The predicted molar refractivity (Wildman–Crippen MR) is 116 cm³/mol. The van der Waals surface area contributed by atoms with Crippen molar-refractivity contribution in [2.45, 2.75) is 6.92 Å². The average molecular weight is 382 g/mol. The molecule has 1 fully saturated rings. The Balaban J connectivity index is 1.70. The Bertz CT molecular complexity index is 875. The van der Waals surface area contributed by atoms with Crippen LogP contribution >= 0.6 is 0 Å². The molecule has 0 unspecified atom stereocenters. The molecule has 0 aliphatic carbocycles. The van der Waals surface area contributed by atoms with Crippen molar-refractivity contribution in [1.29, 1.82) is 0 Å². The van der Waals surface area contributed by atoms with Crippen LogP contribution in [0.5, 0.6) is 0 Å². The third-order valence-electron chi connectivity index (χ3n) is 4.67. The van der Waals surface area contributed by atoms with Crippen LogP contribution in [0.3, 0.4) is 0 Å². The zero-order valence-electron chi connectivity index (χ0n) is 16.2. The molecule has 8 nitrogen and oxygen atoms in total. The lowest BCUT2D eigenvalue weighted by Crippen LogP contribution is -2.46. The second-order valence-corrected chi connectivity index (χ2v) is 6.64. The number of nitrogen functional groups attached to an aromatic ring is 2. The minimum Gasteiger partial charge on any atom is -0.486 e. The van der Waals surface area contributed by atoms with Gasteiger partial charge in [-0.15, -0.1) is 0 Å². The summed E-state index contributed by atoms with van der Waals surface area (Å²) in [5.74, 6) is -0.135. The van der Waals surface area contributed by atoms with E-state index in [-0.39, 0.29) is 5.91 Å². The monoisotopic (exact) mass is 382 g/mol. The van der Waals surface area contributed by atoms with Crippen molar-refractivity contribution in [2.24, 2.45) is 4.99 Å². The van der Waals surface area contributed by atoms with Crippen LogP contribution in [0.15, 0.2) is 41.4 Å². The Kier molecular flexibility index (Phi) is 5.88. The smallest absolute Gasteiger partial charge is 0.221 e. The summed E-state index contributed by atoms with van der Waals surface area (Å²) in [6.07, 6.45) is 1.38. The van der Waals surface area contributed by atoms with Crippen LogP contribution in [-0.4, -0.2) is 45.6 Å². The predicted octanol–water partition coefficient (Wildman–Crippen LogP) is 2.44. The molecule has 0 radical (unpaired) electrons. The molecule has 1 aliphatic rings. The Hall–Kier alpha value is -3.42. The molecule has 0 saturated carbocycles. The number of rotatable bonds is 5. The number of hydrogen-bond acceptors (Lipinski definition) is 7. The molecule has 1 saturated heterocycles. The molecule has 2 aromatic rings. The zero-order chi connectivity index (χ0) is 20.1. The molecule has 28 heavy (non-hydrogen) atoms. The van der Waals surface area contributed by atoms with Crippen LogP contribution < -0.4 is 26.6 Å². The number of benzene rings is 2. The molecular formula is C20H26N6O2. The first-order valence-electron chi connectivity index (χ1n) is 9.10. The van der Waals surface area contributed by atoms with Gasteiger partial charge in [0.05, 0.1) is 29.9 Å². The zero-order valence-corrected chi connectivity index (χ0v) is 16.2. The standard InChI is InChI=1S/C20H26N6O2/c1-14(27)24-20-12-16(4-6-18(20)22)26-9-7-25(8-10-26)15-3-5-17(21)19(11-15)23-13-28-2/h3-6,11-13H,7-10,21-22H2,1-2H3,(H,24,27). The second-order valence-electron chi connectivity index (χ2n) is 6.64. The number of methoxy groups -OCH3 is 1. The van der Waals surface area contributed by atoms with Gasteiger partial charge in [0.15, 0.2) is 6.40 Å². The minimum absolute atomic E-state index is 0.135. The molecule has 0 atom stereocenters. The number of ether oxygens (including phenoxy) is 1. The number of nitrogens with zero attached hydrogens (tertiary/aromatic N) is 3. The van der Waals surface area contributed by atoms with Crippen LogP contribution in [-0.2, 0) is 9.53 Å². The molecule has 0 bridgehead atoms. The van der Waals surface area contributed by atoms with Crippen LogP contribution in [0.1, 0.15) is 6.92 Å². The average Bonchev–Trinajstić information content (AvgIpc) is 2.69. The molecule has 1 amide bonds. The number of nitrogens with two attached hydrogens (primary N) is 2. The lowest BCUT2D eigenvalue weighted by Gasteiger charge is -2.37. The number of carbonyl (C=O) groups excluding carboxylic acids is 1. The summed E-state index contributed by atoms with van der Waals surface area (Å²) in [7, 11) is 1.55. The van der Waals surface area contributed by atoms with E-state index in [2.05, 4.69) is 20.1 Å². The van der Waals surface area contributed by atoms with E-state index in [9.17, 15) is 4.79 Å². The summed E-state index contributed by atoms with van der Waals surface area (Å²) >= 11 is 0. The fourth-order valence-electron chi connectivity index (χ4n) is 3.21. The first-order valence-corrected chi connectivity index (χ1v) is 9.10. The summed E-state index contributed by atoms with van der Waals surface area (Å²) in [4.78, 5) is 20.2. The molecule has 3 rings (SSSR count). The van der Waals surface area contributed by atoms with Gasteiger partial charge in [0.1, 0.15) is 0 Å². The highest BCUT2D eigenvalue weighted by molar-refractivity contribution is 5.93. The molecule has 148 valence electrons. The highest BCUT2D eigenvalue weighted by Crippen LogP contribution is 2.30. The van der Waals surface area contributed by atoms with E-state index in [1.807, 2.05) is 36.4 Å². The fourth-order valence-corrected chi connectivity index (χ4v) is 3.21. The Morgan fingerprint density at radius 3 is 2.18 bits per heavy atom. The second kappa shape index (κ2) is 8.51. The fraction of sp³-hybridized carbons (Fsp3) is 0.300. The Labute approximate surface area is 164 Å². The molecule has 2 aromatic carbocycles. The van der Waals surface area contributed by atoms with Crippen molar-refractivity contribution in [3.63, 3.8) is 0 Å². The molecule has 0 spiro atoms. The number of nitrogens with one attached hydrogen (secondary N) is 1. The largest absolute Gasteiger partial charge is 0.486 e. The first-order chi connectivity index (χ1) is 13.5. The van der Waals surface area contributed by atoms with Gasteiger partial charge in [-0.25, -0.2) is 4.99 Å². The Morgan fingerprint density at radius 1 is 1.04 bits per heavy atom. The highest BCUT2D eigenvalue weighted by Gasteiger charge is 2.19. The van der Waals surface area contributed by atoms with Crippen LogP contribution in [0.2, 0.25) is 0 Å². The number of carbonyl (C=O) groups is 1. The summed E-state index contributed by atoms with van der Waals surface area (Å²) in [6, 6.07) is 11.6. The lowest BCUT2D eigenvalue weighted by molar-refractivity contribution is -0.114. The van der Waals surface area contributed by atoms with Gasteiger partial charge in [-0.3, -0.25) is 4.79 Å². The minimum atomic E-state index is -0.135. The maximum absolute atomic E-state index is 11.4. The molecular weight excluding hydrogens is 356 g/mol. The number of amides is 1. The van der Waals surface area contributed by atoms with Crippen LogP contribution in [0.25, 0.3) is 0 Å². The van der Waals surface area contributed by atoms with Crippen molar-refractivity contribution >= 4 is 46.4 Å². The van der Waals surface area contributed by atoms with Gasteiger partial charge in [0.25, 0.3) is 0 Å². The maximum Gasteiger partial charge on any atom is 0.221 e. The number of aliphatic imine (C=N–C) groups is 1. The van der Waals surface area contributed by atoms with Crippen molar-refractivity contribution in [2.75, 3.05) is 59.9 Å². The number of hydrogen-bond donors (Lipinski definition) is 3. The van der Waals surface area contributed by atoms with Crippen molar-refractivity contribution in [3.8, 4) is 0 Å². The van der Waals surface area contributed by atoms with Crippen molar-refractivity contribution in [1.82, 2.24) is 0 Å². The molecule has 8 heteroatoms. The van der Waals surface area contributed by atoms with E-state index < -0.39 is 0 Å². The van der Waals surface area contributed by atoms with Gasteiger partial charge in [-0.2, -0.15) is 0 Å². The van der Waals surface area contributed by atoms with Gasteiger partial charge in [0, 0.05) is 44.5 Å². The summed E-state index contributed by atoms with van der Waals surface area (Å²) in [5.41, 5.74) is 16.6. The third-order valence-corrected chi connectivity index (χ3v) is 4.67. The summed E-state index contributed by atoms with van der Waals surface area (Å²) in [6.45, 7) is 4.89. The van der Waals surface area contributed by atoms with E-state index >= 15 is 0 Å². The molecule has 1 aliphatic heterocycles. The van der Waals surface area contributed by atoms with Crippen molar-refractivity contribution < 1.29 is 9.53 Å². The Morgan fingerprint density at radius 2 is 1.61 bits per heavy atom. The van der Waals surface area contributed by atoms with E-state index in [4.69, 9.17) is 16.2 Å². The van der Waals surface area contributed by atoms with Crippen LogP contribution in [0.4, 0.5) is 34.1 Å². The SMILES string of the molecule is COC=Nc1cc(N2CCN(c3ccc(N)c(NC(C)=O)c3)CC2)ccc1N. The first kappa shape index (κ1) is 19.3. The topological polar surface area (TPSA) is 109 Å². The van der Waals surface area contributed by atoms with Gasteiger partial charge in [-0.05, 0) is 36.4 Å². The lowest BCUT2D eigenvalue weighted by atomic mass is 10.1. The summed E-state index contributed by atoms with van der Waals surface area (Å²) in [5, 5.41) is 2.78. The van der Waals surface area contributed by atoms with E-state index in [1.165, 1.54) is 13.3 Å². The maximum atomic E-state index is 11.4. The molecule has 5 N–H and O–H groups in total. The quantitative estimate of drug-likeness (QED) is 0.416. The van der Waals surface area contributed by atoms with Gasteiger partial charge in [0.2, 0.25) is 5.91 Å².